The quantitative estimate of drug-likeness (QED) is 0.742. The topological polar surface area (TPSA) is 40.7 Å². The summed E-state index contributed by atoms with van der Waals surface area (Å²) < 4.78 is 0. The molecule has 0 saturated heterocycles. The molecule has 0 aromatic carbocycles. The lowest BCUT2D eigenvalue weighted by molar-refractivity contribution is 0.206. The zero-order chi connectivity index (χ0) is 9.31. The molecule has 13 heavy (non-hydrogen) atoms. The molecule has 3 heteroatoms. The smallest absolute Gasteiger partial charge is 0.0535 e. The van der Waals surface area contributed by atoms with E-state index in [2.05, 4.69) is 29.4 Å². The Bertz CT molecular complexity index is 286. The van der Waals surface area contributed by atoms with Crippen LogP contribution < -0.4 is 5.32 Å². The zero-order valence-electron chi connectivity index (χ0n) is 8.35. The lowest BCUT2D eigenvalue weighted by atomic mass is 9.78. The third-order valence-electron chi connectivity index (χ3n) is 3.10. The fourth-order valence-corrected chi connectivity index (χ4v) is 1.75. The van der Waals surface area contributed by atoms with Crippen molar-refractivity contribution in [2.45, 2.75) is 45.2 Å². The van der Waals surface area contributed by atoms with E-state index in [9.17, 15) is 0 Å². The van der Waals surface area contributed by atoms with Gasteiger partial charge in [0.05, 0.1) is 6.20 Å². The van der Waals surface area contributed by atoms with Gasteiger partial charge >= 0.3 is 0 Å². The number of nitrogens with one attached hydrogen (secondary N) is 2. The van der Waals surface area contributed by atoms with Gasteiger partial charge in [-0.25, -0.2) is 0 Å². The van der Waals surface area contributed by atoms with Gasteiger partial charge in [-0.1, -0.05) is 0 Å². The standard InChI is InChI=1S/C10H17N3/c1-8-9(7-12-13-8)6-11-10(2)4-3-5-10/h7,11H,3-6H2,1-2H3,(H,12,13). The van der Waals surface area contributed by atoms with Crippen molar-refractivity contribution in [1.82, 2.24) is 15.5 Å². The molecule has 1 aromatic rings. The number of aromatic amines is 1. The molecule has 1 aromatic heterocycles. The van der Waals surface area contributed by atoms with Crippen LogP contribution in [-0.2, 0) is 6.54 Å². The van der Waals surface area contributed by atoms with Crippen LogP contribution in [0, 0.1) is 6.92 Å². The normalized spacial score (nSPS) is 19.8. The maximum absolute atomic E-state index is 4.00. The summed E-state index contributed by atoms with van der Waals surface area (Å²) in [5, 5.41) is 10.5. The average Bonchev–Trinajstić information content (AvgIpc) is 2.44. The summed E-state index contributed by atoms with van der Waals surface area (Å²) in [6.07, 6.45) is 5.89. The molecule has 1 saturated carbocycles. The van der Waals surface area contributed by atoms with Crippen molar-refractivity contribution in [3.63, 3.8) is 0 Å². The molecule has 0 spiro atoms. The van der Waals surface area contributed by atoms with E-state index in [0.717, 1.165) is 6.54 Å². The number of H-pyrrole nitrogens is 1. The number of aromatic nitrogens is 2. The van der Waals surface area contributed by atoms with Crippen LogP contribution in [0.15, 0.2) is 6.20 Å². The van der Waals surface area contributed by atoms with Crippen molar-refractivity contribution in [1.29, 1.82) is 0 Å². The Hall–Kier alpha value is -0.830. The molecule has 0 aliphatic heterocycles. The van der Waals surface area contributed by atoms with Crippen molar-refractivity contribution in [3.8, 4) is 0 Å². The molecule has 2 rings (SSSR count). The Labute approximate surface area is 78.9 Å². The first kappa shape index (κ1) is 8.75. The zero-order valence-corrected chi connectivity index (χ0v) is 8.35. The number of hydrogen-bond donors (Lipinski definition) is 2. The van der Waals surface area contributed by atoms with Gasteiger partial charge in [0, 0.05) is 23.3 Å². The largest absolute Gasteiger partial charge is 0.307 e. The van der Waals surface area contributed by atoms with E-state index >= 15 is 0 Å². The summed E-state index contributed by atoms with van der Waals surface area (Å²) in [6, 6.07) is 0. The highest BCUT2D eigenvalue weighted by atomic mass is 15.1. The Morgan fingerprint density at radius 2 is 2.38 bits per heavy atom. The molecule has 0 bridgehead atoms. The molecular formula is C10H17N3. The Morgan fingerprint density at radius 3 is 2.85 bits per heavy atom. The van der Waals surface area contributed by atoms with E-state index in [1.165, 1.54) is 30.5 Å². The summed E-state index contributed by atoms with van der Waals surface area (Å²) in [6.45, 7) is 5.30. The van der Waals surface area contributed by atoms with Crippen LogP contribution in [0.4, 0.5) is 0 Å². The number of rotatable bonds is 3. The van der Waals surface area contributed by atoms with Gasteiger partial charge < -0.3 is 5.32 Å². The van der Waals surface area contributed by atoms with Crippen LogP contribution in [0.2, 0.25) is 0 Å². The molecule has 0 atom stereocenters. The number of hydrogen-bond acceptors (Lipinski definition) is 2. The van der Waals surface area contributed by atoms with Crippen LogP contribution in [0.1, 0.15) is 37.4 Å². The first-order valence-electron chi connectivity index (χ1n) is 4.93. The van der Waals surface area contributed by atoms with Crippen LogP contribution in [0.25, 0.3) is 0 Å². The monoisotopic (exact) mass is 179 g/mol. The molecule has 1 aliphatic carbocycles. The van der Waals surface area contributed by atoms with E-state index in [4.69, 9.17) is 0 Å². The third-order valence-corrected chi connectivity index (χ3v) is 3.10. The lowest BCUT2D eigenvalue weighted by Gasteiger charge is -2.39. The highest BCUT2D eigenvalue weighted by molar-refractivity contribution is 5.14. The fraction of sp³-hybridized carbons (Fsp3) is 0.700. The average molecular weight is 179 g/mol. The van der Waals surface area contributed by atoms with Crippen molar-refractivity contribution >= 4 is 0 Å². The Morgan fingerprint density at radius 1 is 1.62 bits per heavy atom. The van der Waals surface area contributed by atoms with E-state index in [-0.39, 0.29) is 0 Å². The maximum atomic E-state index is 4.00. The molecule has 3 nitrogen and oxygen atoms in total. The van der Waals surface area contributed by atoms with Crippen LogP contribution >= 0.6 is 0 Å². The van der Waals surface area contributed by atoms with Gasteiger partial charge in [-0.2, -0.15) is 5.10 Å². The summed E-state index contributed by atoms with van der Waals surface area (Å²) in [5.41, 5.74) is 2.85. The second kappa shape index (κ2) is 3.14. The fourth-order valence-electron chi connectivity index (χ4n) is 1.75. The second-order valence-electron chi connectivity index (χ2n) is 4.29. The SMILES string of the molecule is Cc1[nH]ncc1CNC1(C)CCC1. The molecule has 72 valence electrons. The van der Waals surface area contributed by atoms with Crippen molar-refractivity contribution in [2.24, 2.45) is 0 Å². The summed E-state index contributed by atoms with van der Waals surface area (Å²) in [5.74, 6) is 0. The minimum Gasteiger partial charge on any atom is -0.307 e. The van der Waals surface area contributed by atoms with Gasteiger partial charge in [0.2, 0.25) is 0 Å². The molecule has 1 aliphatic rings. The first-order chi connectivity index (χ1) is 6.20. The maximum Gasteiger partial charge on any atom is 0.0535 e. The van der Waals surface area contributed by atoms with Gasteiger partial charge in [0.25, 0.3) is 0 Å². The van der Waals surface area contributed by atoms with Gasteiger partial charge in [-0.05, 0) is 33.1 Å². The minimum atomic E-state index is 0.393. The predicted octanol–water partition coefficient (Wildman–Crippen LogP) is 1.75. The highest BCUT2D eigenvalue weighted by Crippen LogP contribution is 2.31. The molecule has 1 fully saturated rings. The Balaban J connectivity index is 1.89. The van der Waals surface area contributed by atoms with Crippen LogP contribution in [0.5, 0.6) is 0 Å². The number of aryl methyl sites for hydroxylation is 1. The summed E-state index contributed by atoms with van der Waals surface area (Å²) in [7, 11) is 0. The van der Waals surface area contributed by atoms with Gasteiger partial charge in [0.1, 0.15) is 0 Å². The minimum absolute atomic E-state index is 0.393. The summed E-state index contributed by atoms with van der Waals surface area (Å²) >= 11 is 0. The van der Waals surface area contributed by atoms with Crippen LogP contribution in [-0.4, -0.2) is 15.7 Å². The highest BCUT2D eigenvalue weighted by Gasteiger charge is 2.30. The first-order valence-corrected chi connectivity index (χ1v) is 4.93. The van der Waals surface area contributed by atoms with Crippen molar-refractivity contribution in [3.05, 3.63) is 17.5 Å². The molecule has 0 unspecified atom stereocenters. The third kappa shape index (κ3) is 1.75. The summed E-state index contributed by atoms with van der Waals surface area (Å²) in [4.78, 5) is 0. The molecule has 0 radical (unpaired) electrons. The molecular weight excluding hydrogens is 162 g/mol. The van der Waals surface area contributed by atoms with Gasteiger partial charge in [0.15, 0.2) is 0 Å². The molecule has 1 heterocycles. The van der Waals surface area contributed by atoms with E-state index in [1.807, 2.05) is 6.20 Å². The predicted molar refractivity (Wildman–Crippen MR) is 52.4 cm³/mol. The van der Waals surface area contributed by atoms with Crippen molar-refractivity contribution in [2.75, 3.05) is 0 Å². The van der Waals surface area contributed by atoms with Gasteiger partial charge in [-0.15, -0.1) is 0 Å². The van der Waals surface area contributed by atoms with E-state index in [1.54, 1.807) is 0 Å². The van der Waals surface area contributed by atoms with Crippen LogP contribution in [0.3, 0.4) is 0 Å². The van der Waals surface area contributed by atoms with Crippen molar-refractivity contribution < 1.29 is 0 Å². The second-order valence-corrected chi connectivity index (χ2v) is 4.29. The molecule has 2 N–H and O–H groups in total. The lowest BCUT2D eigenvalue weighted by Crippen LogP contribution is -2.47. The van der Waals surface area contributed by atoms with E-state index < -0.39 is 0 Å². The number of nitrogens with zero attached hydrogens (tertiary/aromatic N) is 1. The Kier molecular flexibility index (Phi) is 2.12. The van der Waals surface area contributed by atoms with E-state index in [0.29, 0.717) is 5.54 Å². The molecule has 0 amide bonds. The van der Waals surface area contributed by atoms with Gasteiger partial charge in [-0.3, -0.25) is 5.10 Å².